The number of halogens is 2. The van der Waals surface area contributed by atoms with Crippen molar-refractivity contribution in [1.82, 2.24) is 19.3 Å². The Labute approximate surface area is 133 Å². The second-order valence-electron chi connectivity index (χ2n) is 5.15. The molecule has 0 aliphatic heterocycles. The Morgan fingerprint density at radius 1 is 1.29 bits per heavy atom. The fourth-order valence-electron chi connectivity index (χ4n) is 2.44. The molecule has 0 aliphatic carbocycles. The molecule has 0 aliphatic rings. The Bertz CT molecular complexity index is 773. The highest BCUT2D eigenvalue weighted by Crippen LogP contribution is 2.26. The Balaban J connectivity index is 1.98. The van der Waals surface area contributed by atoms with Gasteiger partial charge >= 0.3 is 0 Å². The van der Waals surface area contributed by atoms with Crippen LogP contribution in [0.5, 0.6) is 0 Å². The standard InChI is InChI=1S/C15H16Cl2N4/c1-10-8-18-20(9-10)5-6-21-14-7-12(17)3-4-13(14)19-15(21)11(2)16/h3-4,7-9,11H,5-6H2,1-2H3. The summed E-state index contributed by atoms with van der Waals surface area (Å²) in [4.78, 5) is 4.61. The maximum absolute atomic E-state index is 6.27. The van der Waals surface area contributed by atoms with Gasteiger partial charge in [-0.05, 0) is 37.6 Å². The fourth-order valence-corrected chi connectivity index (χ4v) is 2.78. The molecule has 4 nitrogen and oxygen atoms in total. The SMILES string of the molecule is Cc1cnn(CCn2c(C(C)Cl)nc3ccc(Cl)cc32)c1. The molecular weight excluding hydrogens is 307 g/mol. The topological polar surface area (TPSA) is 35.6 Å². The van der Waals surface area contributed by atoms with Crippen LogP contribution < -0.4 is 0 Å². The van der Waals surface area contributed by atoms with Gasteiger partial charge in [0.2, 0.25) is 0 Å². The normalized spacial score (nSPS) is 13.0. The van der Waals surface area contributed by atoms with E-state index in [9.17, 15) is 0 Å². The molecule has 21 heavy (non-hydrogen) atoms. The average molecular weight is 323 g/mol. The molecule has 110 valence electrons. The lowest BCUT2D eigenvalue weighted by Crippen LogP contribution is -2.11. The van der Waals surface area contributed by atoms with Gasteiger partial charge in [0.25, 0.3) is 0 Å². The molecule has 0 amide bonds. The van der Waals surface area contributed by atoms with E-state index in [1.807, 2.05) is 49.1 Å². The summed E-state index contributed by atoms with van der Waals surface area (Å²) < 4.78 is 4.05. The summed E-state index contributed by atoms with van der Waals surface area (Å²) in [5, 5.41) is 4.86. The molecule has 1 unspecified atom stereocenters. The van der Waals surface area contributed by atoms with E-state index >= 15 is 0 Å². The van der Waals surface area contributed by atoms with E-state index in [0.717, 1.165) is 35.5 Å². The first-order valence-electron chi connectivity index (χ1n) is 6.83. The minimum Gasteiger partial charge on any atom is -0.325 e. The summed E-state index contributed by atoms with van der Waals surface area (Å²) >= 11 is 12.4. The first-order valence-corrected chi connectivity index (χ1v) is 7.65. The molecule has 1 atom stereocenters. The van der Waals surface area contributed by atoms with Gasteiger partial charge in [-0.3, -0.25) is 4.68 Å². The third kappa shape index (κ3) is 2.92. The lowest BCUT2D eigenvalue weighted by molar-refractivity contribution is 0.528. The molecule has 0 radical (unpaired) electrons. The molecule has 0 saturated carbocycles. The van der Waals surface area contributed by atoms with Gasteiger partial charge in [0.05, 0.1) is 29.2 Å². The van der Waals surface area contributed by atoms with Gasteiger partial charge in [0, 0.05) is 17.8 Å². The first kappa shape index (κ1) is 14.4. The number of aryl methyl sites for hydroxylation is 3. The highest BCUT2D eigenvalue weighted by atomic mass is 35.5. The van der Waals surface area contributed by atoms with Crippen LogP contribution in [0.3, 0.4) is 0 Å². The maximum atomic E-state index is 6.27. The molecule has 0 N–H and O–H groups in total. The van der Waals surface area contributed by atoms with Crippen LogP contribution in [0.15, 0.2) is 30.6 Å². The number of imidazole rings is 1. The van der Waals surface area contributed by atoms with Crippen LogP contribution in [0, 0.1) is 6.92 Å². The van der Waals surface area contributed by atoms with E-state index in [1.54, 1.807) is 0 Å². The van der Waals surface area contributed by atoms with Gasteiger partial charge < -0.3 is 4.57 Å². The molecule has 2 heterocycles. The number of alkyl halides is 1. The van der Waals surface area contributed by atoms with Crippen molar-refractivity contribution in [1.29, 1.82) is 0 Å². The Morgan fingerprint density at radius 3 is 2.76 bits per heavy atom. The van der Waals surface area contributed by atoms with Crippen molar-refractivity contribution >= 4 is 34.2 Å². The average Bonchev–Trinajstić information content (AvgIpc) is 3.00. The van der Waals surface area contributed by atoms with Gasteiger partial charge in [0.15, 0.2) is 0 Å². The summed E-state index contributed by atoms with van der Waals surface area (Å²) in [7, 11) is 0. The second-order valence-corrected chi connectivity index (χ2v) is 6.24. The molecular formula is C15H16Cl2N4. The van der Waals surface area contributed by atoms with Crippen molar-refractivity contribution in [2.75, 3.05) is 0 Å². The summed E-state index contributed by atoms with van der Waals surface area (Å²) in [6.07, 6.45) is 3.88. The predicted octanol–water partition coefficient (Wildman–Crippen LogP) is 4.19. The third-order valence-corrected chi connectivity index (χ3v) is 3.84. The minimum absolute atomic E-state index is 0.157. The molecule has 0 fully saturated rings. The zero-order chi connectivity index (χ0) is 15.0. The Morgan fingerprint density at radius 2 is 2.10 bits per heavy atom. The van der Waals surface area contributed by atoms with E-state index in [0.29, 0.717) is 5.02 Å². The predicted molar refractivity (Wildman–Crippen MR) is 86.0 cm³/mol. The third-order valence-electron chi connectivity index (χ3n) is 3.41. The Kier molecular flexibility index (Phi) is 3.91. The number of hydrogen-bond donors (Lipinski definition) is 0. The van der Waals surface area contributed by atoms with Gasteiger partial charge in [-0.25, -0.2) is 4.98 Å². The highest BCUT2D eigenvalue weighted by molar-refractivity contribution is 6.31. The van der Waals surface area contributed by atoms with Crippen LogP contribution in [0.2, 0.25) is 5.02 Å². The van der Waals surface area contributed by atoms with E-state index in [2.05, 4.69) is 14.6 Å². The number of rotatable bonds is 4. The molecule has 2 aromatic heterocycles. The van der Waals surface area contributed by atoms with Crippen molar-refractivity contribution < 1.29 is 0 Å². The summed E-state index contributed by atoms with van der Waals surface area (Å²) in [5.74, 6) is 0.859. The quantitative estimate of drug-likeness (QED) is 0.675. The molecule has 3 rings (SSSR count). The zero-order valence-electron chi connectivity index (χ0n) is 11.9. The van der Waals surface area contributed by atoms with Gasteiger partial charge in [-0.2, -0.15) is 5.10 Å². The molecule has 0 saturated heterocycles. The second kappa shape index (κ2) is 5.70. The maximum Gasteiger partial charge on any atom is 0.127 e. The largest absolute Gasteiger partial charge is 0.325 e. The van der Waals surface area contributed by atoms with Crippen molar-refractivity contribution in [2.24, 2.45) is 0 Å². The van der Waals surface area contributed by atoms with Crippen LogP contribution in [-0.4, -0.2) is 19.3 Å². The molecule has 0 bridgehead atoms. The van der Waals surface area contributed by atoms with Crippen molar-refractivity contribution in [3.63, 3.8) is 0 Å². The summed E-state index contributed by atoms with van der Waals surface area (Å²) in [6, 6.07) is 5.71. The van der Waals surface area contributed by atoms with E-state index in [1.165, 1.54) is 0 Å². The lowest BCUT2D eigenvalue weighted by atomic mass is 10.3. The van der Waals surface area contributed by atoms with Crippen molar-refractivity contribution in [3.05, 3.63) is 47.0 Å². The molecule has 1 aromatic carbocycles. The van der Waals surface area contributed by atoms with E-state index in [4.69, 9.17) is 23.2 Å². The summed E-state index contributed by atoms with van der Waals surface area (Å²) in [6.45, 7) is 5.48. The van der Waals surface area contributed by atoms with Crippen LogP contribution in [0.1, 0.15) is 23.7 Å². The van der Waals surface area contributed by atoms with Crippen molar-refractivity contribution in [2.45, 2.75) is 32.3 Å². The number of aromatic nitrogens is 4. The lowest BCUT2D eigenvalue weighted by Gasteiger charge is -2.10. The molecule has 0 spiro atoms. The van der Waals surface area contributed by atoms with Crippen LogP contribution in [0.4, 0.5) is 0 Å². The van der Waals surface area contributed by atoms with Gasteiger partial charge in [0.1, 0.15) is 5.82 Å². The van der Waals surface area contributed by atoms with Crippen LogP contribution in [0.25, 0.3) is 11.0 Å². The van der Waals surface area contributed by atoms with E-state index in [-0.39, 0.29) is 5.38 Å². The van der Waals surface area contributed by atoms with Crippen LogP contribution >= 0.6 is 23.2 Å². The summed E-state index contributed by atoms with van der Waals surface area (Å²) in [5.41, 5.74) is 3.08. The number of hydrogen-bond acceptors (Lipinski definition) is 2. The van der Waals surface area contributed by atoms with Crippen LogP contribution in [-0.2, 0) is 13.1 Å². The number of benzene rings is 1. The van der Waals surface area contributed by atoms with E-state index < -0.39 is 0 Å². The van der Waals surface area contributed by atoms with Gasteiger partial charge in [-0.1, -0.05) is 11.6 Å². The number of fused-ring (bicyclic) bond motifs is 1. The highest BCUT2D eigenvalue weighted by Gasteiger charge is 2.15. The first-order chi connectivity index (χ1) is 10.0. The minimum atomic E-state index is -0.157. The monoisotopic (exact) mass is 322 g/mol. The Hall–Kier alpha value is -1.52. The van der Waals surface area contributed by atoms with Gasteiger partial charge in [-0.15, -0.1) is 11.6 Å². The zero-order valence-corrected chi connectivity index (χ0v) is 13.4. The van der Waals surface area contributed by atoms with Crippen molar-refractivity contribution in [3.8, 4) is 0 Å². The molecule has 3 aromatic rings. The smallest absolute Gasteiger partial charge is 0.127 e. The molecule has 6 heteroatoms. The number of nitrogens with zero attached hydrogens (tertiary/aromatic N) is 4. The fraction of sp³-hybridized carbons (Fsp3) is 0.333.